The second kappa shape index (κ2) is 8.32. The zero-order valence-electron chi connectivity index (χ0n) is 13.1. The lowest BCUT2D eigenvalue weighted by molar-refractivity contribution is -0.285. The summed E-state index contributed by atoms with van der Waals surface area (Å²) in [6, 6.07) is 4.22. The van der Waals surface area contributed by atoms with E-state index in [9.17, 15) is 30.3 Å². The molecule has 10 heteroatoms. The normalized spacial score (nSPS) is 29.2. The lowest BCUT2D eigenvalue weighted by atomic mass is 9.99. The van der Waals surface area contributed by atoms with Crippen LogP contribution in [0.5, 0.6) is 11.5 Å². The molecule has 1 aliphatic heterocycles. The third kappa shape index (κ3) is 4.71. The molecule has 25 heavy (non-hydrogen) atoms. The zero-order chi connectivity index (χ0) is 18.6. The molecular weight excluding hydrogens is 338 g/mol. The molecule has 7 N–H and O–H groups in total. The molecule has 140 valence electrons. The van der Waals surface area contributed by atoms with Crippen LogP contribution < -0.4 is 5.32 Å². The number of aliphatic hydroxyl groups is 4. The van der Waals surface area contributed by atoms with Crippen LogP contribution in [0.2, 0.25) is 0 Å². The Kier molecular flexibility index (Phi) is 6.39. The number of aliphatic hydroxyl groups excluding tert-OH is 4. The number of rotatable bonds is 5. The molecule has 0 bridgehead atoms. The number of benzene rings is 1. The molecule has 2 rings (SSSR count). The Morgan fingerprint density at radius 1 is 1.16 bits per heavy atom. The van der Waals surface area contributed by atoms with Gasteiger partial charge in [0.15, 0.2) is 23.9 Å². The number of nitrogens with one attached hydrogen (secondary N) is 1. The van der Waals surface area contributed by atoms with E-state index in [1.807, 2.05) is 0 Å². The molecule has 1 saturated heterocycles. The molecule has 1 aliphatic rings. The zero-order valence-corrected chi connectivity index (χ0v) is 13.1. The maximum Gasteiger partial charge on any atom is 0.407 e. The maximum absolute atomic E-state index is 11.8. The predicted molar refractivity (Wildman–Crippen MR) is 81.7 cm³/mol. The van der Waals surface area contributed by atoms with Crippen molar-refractivity contribution in [3.05, 3.63) is 23.8 Å². The first-order chi connectivity index (χ1) is 11.8. The number of phenols is 2. The van der Waals surface area contributed by atoms with Crippen molar-refractivity contribution in [1.82, 2.24) is 5.32 Å². The topological polar surface area (TPSA) is 169 Å². The van der Waals surface area contributed by atoms with E-state index in [1.165, 1.54) is 12.1 Å². The summed E-state index contributed by atoms with van der Waals surface area (Å²) in [6.45, 7) is -0.513. The minimum atomic E-state index is -1.71. The first-order valence-corrected chi connectivity index (χ1v) is 7.59. The van der Waals surface area contributed by atoms with Gasteiger partial charge in [0.2, 0.25) is 0 Å². The summed E-state index contributed by atoms with van der Waals surface area (Å²) in [5.74, 6) is -0.534. The van der Waals surface area contributed by atoms with Gasteiger partial charge in [-0.2, -0.15) is 0 Å². The number of phenolic OH excluding ortho intramolecular Hbond substituents is 2. The molecule has 10 nitrogen and oxygen atoms in total. The van der Waals surface area contributed by atoms with Crippen molar-refractivity contribution < 1.29 is 44.9 Å². The van der Waals surface area contributed by atoms with E-state index in [0.29, 0.717) is 12.0 Å². The van der Waals surface area contributed by atoms with Crippen molar-refractivity contribution in [2.24, 2.45) is 0 Å². The molecule has 1 heterocycles. The van der Waals surface area contributed by atoms with Crippen molar-refractivity contribution in [3.63, 3.8) is 0 Å². The van der Waals surface area contributed by atoms with Crippen LogP contribution in [0.3, 0.4) is 0 Å². The standard InChI is InChI=1S/C15H21NO9/c17-6-10-11(20)13(12(21)14(22)24-10)25-15(23)16-4-3-7-1-2-8(18)9(19)5-7/h1-2,5,10-14,17-22H,3-4,6H2,(H,16,23)/t10-,11-,12-,13+,14-/m1/s1. The van der Waals surface area contributed by atoms with Crippen molar-refractivity contribution in [1.29, 1.82) is 0 Å². The number of amides is 1. The van der Waals surface area contributed by atoms with Crippen molar-refractivity contribution in [2.45, 2.75) is 37.1 Å². The third-order valence-electron chi connectivity index (χ3n) is 3.81. The first kappa shape index (κ1) is 19.2. The van der Waals surface area contributed by atoms with E-state index in [-0.39, 0.29) is 18.0 Å². The highest BCUT2D eigenvalue weighted by atomic mass is 16.7. The molecule has 1 fully saturated rings. The third-order valence-corrected chi connectivity index (χ3v) is 3.81. The Balaban J connectivity index is 1.85. The molecule has 0 radical (unpaired) electrons. The number of hydrogen-bond donors (Lipinski definition) is 7. The van der Waals surface area contributed by atoms with Crippen LogP contribution in [0.4, 0.5) is 4.79 Å². The summed E-state index contributed by atoms with van der Waals surface area (Å²) in [7, 11) is 0. The van der Waals surface area contributed by atoms with Crippen LogP contribution in [0, 0.1) is 0 Å². The Morgan fingerprint density at radius 2 is 1.88 bits per heavy atom. The molecule has 1 aromatic carbocycles. The maximum atomic E-state index is 11.8. The Labute approximate surface area is 142 Å². The van der Waals surface area contributed by atoms with E-state index < -0.39 is 43.4 Å². The van der Waals surface area contributed by atoms with E-state index in [4.69, 9.17) is 14.6 Å². The van der Waals surface area contributed by atoms with E-state index in [0.717, 1.165) is 0 Å². The molecule has 1 amide bonds. The number of alkyl carbamates (subject to hydrolysis) is 1. The molecule has 0 aliphatic carbocycles. The fraction of sp³-hybridized carbons (Fsp3) is 0.533. The highest BCUT2D eigenvalue weighted by molar-refractivity contribution is 5.67. The number of hydrogen-bond acceptors (Lipinski definition) is 9. The van der Waals surface area contributed by atoms with Crippen LogP contribution in [0.25, 0.3) is 0 Å². The van der Waals surface area contributed by atoms with Crippen molar-refractivity contribution in [2.75, 3.05) is 13.2 Å². The van der Waals surface area contributed by atoms with Gasteiger partial charge >= 0.3 is 6.09 Å². The highest BCUT2D eigenvalue weighted by Crippen LogP contribution is 2.25. The number of carbonyl (C=O) groups excluding carboxylic acids is 1. The molecule has 0 spiro atoms. The van der Waals surface area contributed by atoms with E-state index in [1.54, 1.807) is 6.07 Å². The molecule has 5 atom stereocenters. The molecule has 0 unspecified atom stereocenters. The molecule has 0 saturated carbocycles. The Bertz CT molecular complexity index is 596. The lowest BCUT2D eigenvalue weighted by Gasteiger charge is -2.39. The van der Waals surface area contributed by atoms with Gasteiger partial charge in [-0.15, -0.1) is 0 Å². The van der Waals surface area contributed by atoms with Gasteiger partial charge in [-0.3, -0.25) is 0 Å². The van der Waals surface area contributed by atoms with Gasteiger partial charge in [-0.05, 0) is 24.1 Å². The number of aromatic hydroxyl groups is 2. The van der Waals surface area contributed by atoms with Crippen LogP contribution in [-0.4, -0.2) is 80.6 Å². The van der Waals surface area contributed by atoms with Crippen molar-refractivity contribution in [3.8, 4) is 11.5 Å². The fourth-order valence-electron chi connectivity index (χ4n) is 2.41. The van der Waals surface area contributed by atoms with Gasteiger partial charge in [0, 0.05) is 6.54 Å². The second-order valence-corrected chi connectivity index (χ2v) is 5.60. The Morgan fingerprint density at radius 3 is 2.52 bits per heavy atom. The highest BCUT2D eigenvalue weighted by Gasteiger charge is 2.46. The van der Waals surface area contributed by atoms with E-state index in [2.05, 4.69) is 5.32 Å². The van der Waals surface area contributed by atoms with Crippen LogP contribution in [0.1, 0.15) is 5.56 Å². The van der Waals surface area contributed by atoms with Gasteiger partial charge in [0.05, 0.1) is 6.61 Å². The number of carbonyl (C=O) groups is 1. The quantitative estimate of drug-likeness (QED) is 0.299. The first-order valence-electron chi connectivity index (χ1n) is 7.59. The molecule has 1 aromatic rings. The van der Waals surface area contributed by atoms with E-state index >= 15 is 0 Å². The summed E-state index contributed by atoms with van der Waals surface area (Å²) in [5, 5.41) is 59.2. The summed E-state index contributed by atoms with van der Waals surface area (Å²) in [6.07, 6.45) is -8.19. The molecule has 0 aromatic heterocycles. The minimum Gasteiger partial charge on any atom is -0.504 e. The monoisotopic (exact) mass is 359 g/mol. The second-order valence-electron chi connectivity index (χ2n) is 5.60. The van der Waals surface area contributed by atoms with Gasteiger partial charge in [0.1, 0.15) is 18.3 Å². The fourth-order valence-corrected chi connectivity index (χ4v) is 2.41. The summed E-state index contributed by atoms with van der Waals surface area (Å²) < 4.78 is 9.69. The van der Waals surface area contributed by atoms with Gasteiger partial charge in [-0.1, -0.05) is 6.07 Å². The van der Waals surface area contributed by atoms with Crippen LogP contribution in [0.15, 0.2) is 18.2 Å². The van der Waals surface area contributed by atoms with Gasteiger partial charge in [0.25, 0.3) is 0 Å². The summed E-state index contributed by atoms with van der Waals surface area (Å²) >= 11 is 0. The minimum absolute atomic E-state index is 0.116. The Hall–Kier alpha value is -2.11. The molecular formula is C15H21NO9. The SMILES string of the molecule is O=C(NCCc1ccc(O)c(O)c1)O[C@@H]1[C@@H](O)[C@H](O)O[C@H](CO)[C@H]1O. The predicted octanol–water partition coefficient (Wildman–Crippen LogP) is -1.83. The van der Waals surface area contributed by atoms with Crippen LogP contribution in [-0.2, 0) is 15.9 Å². The lowest BCUT2D eigenvalue weighted by Crippen LogP contribution is -2.60. The average molecular weight is 359 g/mol. The van der Waals surface area contributed by atoms with Gasteiger partial charge in [-0.25, -0.2) is 4.79 Å². The average Bonchev–Trinajstić information content (AvgIpc) is 2.58. The summed E-state index contributed by atoms with van der Waals surface area (Å²) in [4.78, 5) is 11.8. The number of ether oxygens (including phenoxy) is 2. The summed E-state index contributed by atoms with van der Waals surface area (Å²) in [5.41, 5.74) is 0.650. The smallest absolute Gasteiger partial charge is 0.407 e. The largest absolute Gasteiger partial charge is 0.504 e. The van der Waals surface area contributed by atoms with Crippen LogP contribution >= 0.6 is 0 Å². The van der Waals surface area contributed by atoms with Crippen molar-refractivity contribution >= 4 is 6.09 Å². The van der Waals surface area contributed by atoms with Gasteiger partial charge < -0.3 is 45.4 Å².